The Bertz CT molecular complexity index is 1050. The lowest BCUT2D eigenvalue weighted by molar-refractivity contribution is -0.127. The monoisotopic (exact) mass is 452 g/mol. The summed E-state index contributed by atoms with van der Waals surface area (Å²) >= 11 is 1.52. The van der Waals surface area contributed by atoms with E-state index < -0.39 is 6.04 Å². The van der Waals surface area contributed by atoms with Crippen LogP contribution in [-0.2, 0) is 16.0 Å². The molecule has 1 aliphatic carbocycles. The third-order valence-corrected chi connectivity index (χ3v) is 6.62. The Morgan fingerprint density at radius 2 is 2.00 bits per heavy atom. The third-order valence-electron chi connectivity index (χ3n) is 5.74. The number of methoxy groups -OCH3 is 1. The summed E-state index contributed by atoms with van der Waals surface area (Å²) in [6.07, 6.45) is 4.32. The van der Waals surface area contributed by atoms with Crippen LogP contribution in [0.15, 0.2) is 58.3 Å². The first-order valence-corrected chi connectivity index (χ1v) is 11.8. The van der Waals surface area contributed by atoms with Crippen LogP contribution in [0.3, 0.4) is 0 Å². The molecule has 3 aromatic rings. The number of anilines is 1. The number of ether oxygens (including phenoxy) is 1. The molecular weight excluding hydrogens is 424 g/mol. The van der Waals surface area contributed by atoms with Gasteiger partial charge in [-0.2, -0.15) is 0 Å². The largest absolute Gasteiger partial charge is 0.497 e. The van der Waals surface area contributed by atoms with E-state index in [2.05, 4.69) is 5.32 Å². The van der Waals surface area contributed by atoms with Gasteiger partial charge in [-0.3, -0.25) is 14.5 Å². The standard InChI is InChI=1S/C25H28N2O4S/c1-17-12-13-22(31-17)24(25(29)26-18-7-3-4-8-18)27(19-9-5-10-20(15-19)30-2)23(28)16-21-11-6-14-32-21/h5-6,9-15,18,24H,3-4,7-8,16H2,1-2H3,(H,26,29)/t24-/m1/s1. The fourth-order valence-electron chi connectivity index (χ4n) is 4.17. The summed E-state index contributed by atoms with van der Waals surface area (Å²) < 4.78 is 11.3. The Hall–Kier alpha value is -3.06. The van der Waals surface area contributed by atoms with Gasteiger partial charge in [-0.25, -0.2) is 0 Å². The summed E-state index contributed by atoms with van der Waals surface area (Å²) in [6.45, 7) is 1.83. The first-order valence-electron chi connectivity index (χ1n) is 10.9. The predicted octanol–water partition coefficient (Wildman–Crippen LogP) is 5.03. The molecule has 32 heavy (non-hydrogen) atoms. The highest BCUT2D eigenvalue weighted by Crippen LogP contribution is 2.33. The molecule has 0 bridgehead atoms. The molecule has 1 fully saturated rings. The third kappa shape index (κ3) is 5.05. The average molecular weight is 453 g/mol. The predicted molar refractivity (Wildman–Crippen MR) is 125 cm³/mol. The number of furan rings is 1. The van der Waals surface area contributed by atoms with Gasteiger partial charge in [0.25, 0.3) is 5.91 Å². The van der Waals surface area contributed by atoms with E-state index >= 15 is 0 Å². The molecule has 1 atom stereocenters. The molecule has 1 aromatic carbocycles. The Labute approximate surface area is 192 Å². The molecular formula is C25H28N2O4S. The van der Waals surface area contributed by atoms with Crippen LogP contribution < -0.4 is 15.0 Å². The van der Waals surface area contributed by atoms with E-state index in [1.165, 1.54) is 11.3 Å². The molecule has 2 amide bonds. The minimum atomic E-state index is -0.913. The van der Waals surface area contributed by atoms with Gasteiger partial charge < -0.3 is 14.5 Å². The highest BCUT2D eigenvalue weighted by atomic mass is 32.1. The lowest BCUT2D eigenvalue weighted by atomic mass is 10.1. The minimum absolute atomic E-state index is 0.126. The van der Waals surface area contributed by atoms with Crippen LogP contribution in [0.25, 0.3) is 0 Å². The molecule has 0 saturated heterocycles. The molecule has 1 aliphatic rings. The number of rotatable bonds is 8. The summed E-state index contributed by atoms with van der Waals surface area (Å²) in [5, 5.41) is 5.10. The Morgan fingerprint density at radius 3 is 2.66 bits per heavy atom. The van der Waals surface area contributed by atoms with Gasteiger partial charge in [-0.1, -0.05) is 25.0 Å². The Kier molecular flexibility index (Phi) is 6.95. The maximum Gasteiger partial charge on any atom is 0.251 e. The molecule has 1 N–H and O–H groups in total. The normalized spacial score (nSPS) is 14.8. The van der Waals surface area contributed by atoms with E-state index in [-0.39, 0.29) is 24.3 Å². The lowest BCUT2D eigenvalue weighted by Gasteiger charge is -2.31. The van der Waals surface area contributed by atoms with Gasteiger partial charge in [0, 0.05) is 22.7 Å². The zero-order valence-electron chi connectivity index (χ0n) is 18.4. The molecule has 0 unspecified atom stereocenters. The van der Waals surface area contributed by atoms with Crippen molar-refractivity contribution in [2.45, 2.75) is 51.1 Å². The fraction of sp³-hybridized carbons (Fsp3) is 0.360. The quantitative estimate of drug-likeness (QED) is 0.520. The van der Waals surface area contributed by atoms with Crippen molar-refractivity contribution in [2.24, 2.45) is 0 Å². The molecule has 168 valence electrons. The Morgan fingerprint density at radius 1 is 1.19 bits per heavy atom. The summed E-state index contributed by atoms with van der Waals surface area (Å²) in [7, 11) is 1.58. The van der Waals surface area contributed by atoms with Gasteiger partial charge in [0.2, 0.25) is 5.91 Å². The first-order chi connectivity index (χ1) is 15.5. The second-order valence-electron chi connectivity index (χ2n) is 8.06. The van der Waals surface area contributed by atoms with Gasteiger partial charge in [-0.05, 0) is 55.5 Å². The topological polar surface area (TPSA) is 71.8 Å². The number of aryl methyl sites for hydroxylation is 1. The maximum absolute atomic E-state index is 13.6. The van der Waals surface area contributed by atoms with Gasteiger partial charge >= 0.3 is 0 Å². The minimum Gasteiger partial charge on any atom is -0.497 e. The molecule has 2 heterocycles. The summed E-state index contributed by atoms with van der Waals surface area (Å²) in [4.78, 5) is 29.7. The second-order valence-corrected chi connectivity index (χ2v) is 9.09. The van der Waals surface area contributed by atoms with E-state index in [0.29, 0.717) is 23.0 Å². The number of nitrogens with zero attached hydrogens (tertiary/aromatic N) is 1. The Balaban J connectivity index is 1.75. The van der Waals surface area contributed by atoms with Crippen molar-refractivity contribution in [2.75, 3.05) is 12.0 Å². The van der Waals surface area contributed by atoms with Crippen molar-refractivity contribution < 1.29 is 18.7 Å². The second kappa shape index (κ2) is 10.0. The first kappa shape index (κ1) is 22.1. The number of nitrogens with one attached hydrogen (secondary N) is 1. The van der Waals surface area contributed by atoms with Gasteiger partial charge in [0.1, 0.15) is 17.3 Å². The number of benzene rings is 1. The fourth-order valence-corrected chi connectivity index (χ4v) is 4.86. The summed E-state index contributed by atoms with van der Waals surface area (Å²) in [6, 6.07) is 13.9. The zero-order valence-corrected chi connectivity index (χ0v) is 19.2. The van der Waals surface area contributed by atoms with Gasteiger partial charge in [0.15, 0.2) is 6.04 Å². The van der Waals surface area contributed by atoms with Crippen molar-refractivity contribution in [1.29, 1.82) is 0 Å². The van der Waals surface area contributed by atoms with Crippen molar-refractivity contribution in [3.05, 3.63) is 70.3 Å². The summed E-state index contributed by atoms with van der Waals surface area (Å²) in [5.41, 5.74) is 0.589. The van der Waals surface area contributed by atoms with E-state index in [4.69, 9.17) is 9.15 Å². The number of thiophene rings is 1. The van der Waals surface area contributed by atoms with Gasteiger partial charge in [-0.15, -0.1) is 11.3 Å². The molecule has 1 saturated carbocycles. The number of hydrogen-bond acceptors (Lipinski definition) is 5. The SMILES string of the molecule is COc1cccc(N(C(=O)Cc2cccs2)[C@@H](C(=O)NC2CCCC2)c2ccc(C)o2)c1. The van der Waals surface area contributed by atoms with Crippen LogP contribution in [0.1, 0.15) is 48.1 Å². The average Bonchev–Trinajstić information content (AvgIpc) is 3.56. The highest BCUT2D eigenvalue weighted by molar-refractivity contribution is 7.10. The van der Waals surface area contributed by atoms with Crippen molar-refractivity contribution >= 4 is 28.8 Å². The molecule has 2 aromatic heterocycles. The van der Waals surface area contributed by atoms with Crippen LogP contribution in [0.5, 0.6) is 5.75 Å². The zero-order chi connectivity index (χ0) is 22.5. The smallest absolute Gasteiger partial charge is 0.251 e. The van der Waals surface area contributed by atoms with Crippen LogP contribution >= 0.6 is 11.3 Å². The number of carbonyl (C=O) groups is 2. The maximum atomic E-state index is 13.6. The molecule has 4 rings (SSSR count). The van der Waals surface area contributed by atoms with Crippen LogP contribution in [0.4, 0.5) is 5.69 Å². The van der Waals surface area contributed by atoms with Crippen LogP contribution in [-0.4, -0.2) is 25.0 Å². The van der Waals surface area contributed by atoms with E-state index in [0.717, 1.165) is 30.6 Å². The van der Waals surface area contributed by atoms with Gasteiger partial charge in [0.05, 0.1) is 13.5 Å². The number of amides is 2. The number of carbonyl (C=O) groups excluding carboxylic acids is 2. The summed E-state index contributed by atoms with van der Waals surface area (Å²) in [5.74, 6) is 1.34. The van der Waals surface area contributed by atoms with Crippen molar-refractivity contribution in [1.82, 2.24) is 5.32 Å². The van der Waals surface area contributed by atoms with Crippen LogP contribution in [0, 0.1) is 6.92 Å². The molecule has 0 aliphatic heterocycles. The number of hydrogen-bond donors (Lipinski definition) is 1. The molecule has 6 nitrogen and oxygen atoms in total. The molecule has 0 radical (unpaired) electrons. The van der Waals surface area contributed by atoms with Crippen molar-refractivity contribution in [3.63, 3.8) is 0 Å². The molecule has 0 spiro atoms. The highest BCUT2D eigenvalue weighted by Gasteiger charge is 2.36. The van der Waals surface area contributed by atoms with E-state index in [9.17, 15) is 9.59 Å². The lowest BCUT2D eigenvalue weighted by Crippen LogP contribution is -2.46. The van der Waals surface area contributed by atoms with E-state index in [1.54, 1.807) is 24.1 Å². The van der Waals surface area contributed by atoms with Crippen LogP contribution in [0.2, 0.25) is 0 Å². The van der Waals surface area contributed by atoms with Crippen molar-refractivity contribution in [3.8, 4) is 5.75 Å². The van der Waals surface area contributed by atoms with E-state index in [1.807, 2.05) is 48.7 Å². The molecule has 7 heteroatoms.